The van der Waals surface area contributed by atoms with Crippen molar-refractivity contribution < 1.29 is 18.7 Å². The zero-order chi connectivity index (χ0) is 15.9. The number of likely N-dealkylation sites (tertiary alicyclic amines) is 1. The first kappa shape index (κ1) is 16.3. The summed E-state index contributed by atoms with van der Waals surface area (Å²) in [4.78, 5) is 25.5. The highest BCUT2D eigenvalue weighted by Gasteiger charge is 2.28. The molecule has 1 N–H and O–H groups in total. The maximum atomic E-state index is 12.8. The molecule has 120 valence electrons. The number of amides is 2. The maximum absolute atomic E-state index is 12.8. The summed E-state index contributed by atoms with van der Waals surface area (Å²) >= 11 is 0. The minimum Gasteiger partial charge on any atom is -0.450 e. The lowest BCUT2D eigenvalue weighted by molar-refractivity contribution is -0.126. The molecule has 1 unspecified atom stereocenters. The number of hydrogen-bond acceptors (Lipinski definition) is 3. The van der Waals surface area contributed by atoms with Gasteiger partial charge < -0.3 is 15.0 Å². The third-order valence-corrected chi connectivity index (χ3v) is 3.70. The number of nitrogens with zero attached hydrogens (tertiary/aromatic N) is 1. The molecule has 1 aliphatic heterocycles. The van der Waals surface area contributed by atoms with Crippen LogP contribution in [0.3, 0.4) is 0 Å². The standard InChI is InChI=1S/C16H21FN2O3/c1-2-22-16(21)19-9-3-4-13(11-19)15(20)18-10-12-5-7-14(17)8-6-12/h5-8,13H,2-4,9-11H2,1H3,(H,18,20). The molecule has 1 atom stereocenters. The average molecular weight is 308 g/mol. The minimum absolute atomic E-state index is 0.0849. The van der Waals surface area contributed by atoms with Gasteiger partial charge >= 0.3 is 6.09 Å². The Bertz CT molecular complexity index is 519. The molecular weight excluding hydrogens is 287 g/mol. The van der Waals surface area contributed by atoms with Gasteiger partial charge in [-0.2, -0.15) is 0 Å². The van der Waals surface area contributed by atoms with Crippen molar-refractivity contribution in [3.05, 3.63) is 35.6 Å². The van der Waals surface area contributed by atoms with E-state index in [2.05, 4.69) is 5.32 Å². The van der Waals surface area contributed by atoms with E-state index in [4.69, 9.17) is 4.74 Å². The number of benzene rings is 1. The highest BCUT2D eigenvalue weighted by atomic mass is 19.1. The largest absolute Gasteiger partial charge is 0.450 e. The Hall–Kier alpha value is -2.11. The van der Waals surface area contributed by atoms with Crippen LogP contribution in [0.2, 0.25) is 0 Å². The number of carbonyl (C=O) groups excluding carboxylic acids is 2. The second-order valence-electron chi connectivity index (χ2n) is 5.33. The molecule has 1 fully saturated rings. The van der Waals surface area contributed by atoms with Crippen LogP contribution >= 0.6 is 0 Å². The van der Waals surface area contributed by atoms with Crippen LogP contribution in [0.5, 0.6) is 0 Å². The normalized spacial score (nSPS) is 17.9. The average Bonchev–Trinajstić information content (AvgIpc) is 2.54. The van der Waals surface area contributed by atoms with E-state index in [0.29, 0.717) is 26.2 Å². The molecule has 0 spiro atoms. The van der Waals surface area contributed by atoms with Crippen LogP contribution in [0.1, 0.15) is 25.3 Å². The van der Waals surface area contributed by atoms with E-state index >= 15 is 0 Å². The number of halogens is 1. The molecule has 1 saturated heterocycles. The zero-order valence-corrected chi connectivity index (χ0v) is 12.7. The summed E-state index contributed by atoms with van der Waals surface area (Å²) in [5.41, 5.74) is 0.841. The molecule has 0 aliphatic carbocycles. The molecule has 6 heteroatoms. The Kier molecular flexibility index (Phi) is 5.75. The summed E-state index contributed by atoms with van der Waals surface area (Å²) < 4.78 is 17.8. The molecular formula is C16H21FN2O3. The highest BCUT2D eigenvalue weighted by molar-refractivity contribution is 5.80. The van der Waals surface area contributed by atoms with E-state index in [0.717, 1.165) is 18.4 Å². The SMILES string of the molecule is CCOC(=O)N1CCCC(C(=O)NCc2ccc(F)cc2)C1. The van der Waals surface area contributed by atoms with Crippen LogP contribution < -0.4 is 5.32 Å². The lowest BCUT2D eigenvalue weighted by atomic mass is 9.97. The van der Waals surface area contributed by atoms with Crippen molar-refractivity contribution in [3.63, 3.8) is 0 Å². The molecule has 2 amide bonds. The minimum atomic E-state index is -0.362. The van der Waals surface area contributed by atoms with Crippen molar-refractivity contribution in [2.75, 3.05) is 19.7 Å². The van der Waals surface area contributed by atoms with Gasteiger partial charge in [0.1, 0.15) is 5.82 Å². The number of piperidine rings is 1. The van der Waals surface area contributed by atoms with Gasteiger partial charge in [0.2, 0.25) is 5.91 Å². The van der Waals surface area contributed by atoms with Crippen molar-refractivity contribution in [1.82, 2.24) is 10.2 Å². The Labute approximate surface area is 129 Å². The molecule has 1 aromatic carbocycles. The summed E-state index contributed by atoms with van der Waals surface area (Å²) in [7, 11) is 0. The molecule has 2 rings (SSSR count). The summed E-state index contributed by atoms with van der Waals surface area (Å²) in [6.45, 7) is 3.45. The fraction of sp³-hybridized carbons (Fsp3) is 0.500. The highest BCUT2D eigenvalue weighted by Crippen LogP contribution is 2.17. The van der Waals surface area contributed by atoms with Crippen molar-refractivity contribution in [1.29, 1.82) is 0 Å². The quantitative estimate of drug-likeness (QED) is 0.928. The van der Waals surface area contributed by atoms with E-state index in [9.17, 15) is 14.0 Å². The lowest BCUT2D eigenvalue weighted by Crippen LogP contribution is -2.45. The van der Waals surface area contributed by atoms with E-state index in [-0.39, 0.29) is 23.7 Å². The molecule has 0 saturated carbocycles. The molecule has 1 aromatic rings. The summed E-state index contributed by atoms with van der Waals surface area (Å²) in [6.07, 6.45) is 1.18. The third-order valence-electron chi connectivity index (χ3n) is 3.70. The third kappa shape index (κ3) is 4.44. The lowest BCUT2D eigenvalue weighted by Gasteiger charge is -2.31. The molecule has 5 nitrogen and oxygen atoms in total. The topological polar surface area (TPSA) is 58.6 Å². The van der Waals surface area contributed by atoms with Gasteiger partial charge in [-0.05, 0) is 37.5 Å². The monoisotopic (exact) mass is 308 g/mol. The van der Waals surface area contributed by atoms with E-state index in [1.54, 1.807) is 24.0 Å². The van der Waals surface area contributed by atoms with Crippen LogP contribution in [-0.4, -0.2) is 36.6 Å². The van der Waals surface area contributed by atoms with Gasteiger partial charge in [0.25, 0.3) is 0 Å². The first-order chi connectivity index (χ1) is 10.6. The Morgan fingerprint density at radius 1 is 1.36 bits per heavy atom. The summed E-state index contributed by atoms with van der Waals surface area (Å²) in [5, 5.41) is 2.84. The molecule has 22 heavy (non-hydrogen) atoms. The number of carbonyl (C=O) groups is 2. The van der Waals surface area contributed by atoms with Gasteiger partial charge in [-0.1, -0.05) is 12.1 Å². The summed E-state index contributed by atoms with van der Waals surface area (Å²) in [5.74, 6) is -0.607. The van der Waals surface area contributed by atoms with Crippen LogP contribution in [0, 0.1) is 11.7 Å². The first-order valence-corrected chi connectivity index (χ1v) is 7.54. The molecule has 0 bridgehead atoms. The van der Waals surface area contributed by atoms with Gasteiger partial charge in [-0.3, -0.25) is 4.79 Å². The fourth-order valence-corrected chi connectivity index (χ4v) is 2.51. The van der Waals surface area contributed by atoms with Crippen LogP contribution in [-0.2, 0) is 16.1 Å². The van der Waals surface area contributed by atoms with Crippen molar-refractivity contribution in [3.8, 4) is 0 Å². The molecule has 0 aromatic heterocycles. The number of ether oxygens (including phenoxy) is 1. The van der Waals surface area contributed by atoms with E-state index in [1.807, 2.05) is 0 Å². The first-order valence-electron chi connectivity index (χ1n) is 7.54. The van der Waals surface area contributed by atoms with Crippen molar-refractivity contribution in [2.24, 2.45) is 5.92 Å². The predicted octanol–water partition coefficient (Wildman–Crippen LogP) is 2.31. The molecule has 0 radical (unpaired) electrons. The number of rotatable bonds is 4. The Morgan fingerprint density at radius 2 is 2.09 bits per heavy atom. The number of nitrogens with one attached hydrogen (secondary N) is 1. The van der Waals surface area contributed by atoms with Gasteiger partial charge in [0.15, 0.2) is 0 Å². The van der Waals surface area contributed by atoms with Crippen LogP contribution in [0.4, 0.5) is 9.18 Å². The van der Waals surface area contributed by atoms with Gasteiger partial charge in [-0.15, -0.1) is 0 Å². The van der Waals surface area contributed by atoms with Gasteiger partial charge in [-0.25, -0.2) is 9.18 Å². The predicted molar refractivity (Wildman–Crippen MR) is 79.6 cm³/mol. The summed E-state index contributed by atoms with van der Waals surface area (Å²) in [6, 6.07) is 6.01. The second-order valence-corrected chi connectivity index (χ2v) is 5.33. The smallest absolute Gasteiger partial charge is 0.409 e. The molecule has 1 heterocycles. The number of hydrogen-bond donors (Lipinski definition) is 1. The van der Waals surface area contributed by atoms with Gasteiger partial charge in [0, 0.05) is 19.6 Å². The second kappa shape index (κ2) is 7.77. The van der Waals surface area contributed by atoms with Crippen LogP contribution in [0.25, 0.3) is 0 Å². The fourth-order valence-electron chi connectivity index (χ4n) is 2.51. The Balaban J connectivity index is 1.83. The van der Waals surface area contributed by atoms with Crippen molar-refractivity contribution >= 4 is 12.0 Å². The van der Waals surface area contributed by atoms with Crippen LogP contribution in [0.15, 0.2) is 24.3 Å². The van der Waals surface area contributed by atoms with E-state index < -0.39 is 0 Å². The van der Waals surface area contributed by atoms with E-state index in [1.165, 1.54) is 12.1 Å². The molecule has 1 aliphatic rings. The maximum Gasteiger partial charge on any atom is 0.409 e. The Morgan fingerprint density at radius 3 is 2.77 bits per heavy atom. The zero-order valence-electron chi connectivity index (χ0n) is 12.7. The van der Waals surface area contributed by atoms with Gasteiger partial charge in [0.05, 0.1) is 12.5 Å². The van der Waals surface area contributed by atoms with Crippen molar-refractivity contribution in [2.45, 2.75) is 26.3 Å².